The monoisotopic (exact) mass is 662 g/mol. The van der Waals surface area contributed by atoms with Crippen LogP contribution >= 0.6 is 0 Å². The Morgan fingerprint density at radius 2 is 1.77 bits per heavy atom. The van der Waals surface area contributed by atoms with E-state index in [9.17, 15) is 18.3 Å². The van der Waals surface area contributed by atoms with Crippen LogP contribution in [0.25, 0.3) is 0 Å². The van der Waals surface area contributed by atoms with Gasteiger partial charge in [0.15, 0.2) is 0 Å². The quantitative estimate of drug-likeness (QED) is 0.129. The summed E-state index contributed by atoms with van der Waals surface area (Å²) in [5, 5.41) is 10.5. The smallest absolute Gasteiger partial charge is 0.337 e. The molecule has 252 valence electrons. The summed E-state index contributed by atoms with van der Waals surface area (Å²) in [5.41, 5.74) is 1.74. The van der Waals surface area contributed by atoms with Gasteiger partial charge in [-0.2, -0.15) is 8.42 Å². The van der Waals surface area contributed by atoms with Gasteiger partial charge in [0.05, 0.1) is 23.7 Å². The summed E-state index contributed by atoms with van der Waals surface area (Å²) in [6.45, 7) is 10.9. The van der Waals surface area contributed by atoms with E-state index in [0.717, 1.165) is 30.4 Å². The predicted octanol–water partition coefficient (Wildman–Crippen LogP) is 7.15. The number of carbonyl (C=O) groups excluding carboxylic acids is 1. The molecule has 2 aliphatic rings. The summed E-state index contributed by atoms with van der Waals surface area (Å²) >= 11 is 0. The Kier molecular flexibility index (Phi) is 12.4. The lowest BCUT2D eigenvalue weighted by Crippen LogP contribution is -2.35. The van der Waals surface area contributed by atoms with E-state index in [1.54, 1.807) is 38.1 Å². The minimum Gasteiger partial charge on any atom is -0.486 e. The molecule has 9 heteroatoms. The fourth-order valence-corrected chi connectivity index (χ4v) is 6.77. The third kappa shape index (κ3) is 11.1. The van der Waals surface area contributed by atoms with Crippen LogP contribution in [0, 0.1) is 24.7 Å². The topological polar surface area (TPSA) is 108 Å². The third-order valence-corrected chi connectivity index (χ3v) is 9.46. The summed E-state index contributed by atoms with van der Waals surface area (Å²) in [4.78, 5) is 12.2. The zero-order valence-electron chi connectivity index (χ0n) is 27.6. The molecule has 0 spiro atoms. The molecule has 1 N–H and O–H groups in total. The first-order valence-corrected chi connectivity index (χ1v) is 17.4. The van der Waals surface area contributed by atoms with Crippen LogP contribution in [0.15, 0.2) is 114 Å². The van der Waals surface area contributed by atoms with Gasteiger partial charge in [-0.1, -0.05) is 80.1 Å². The first-order valence-electron chi connectivity index (χ1n) is 16.0. The number of hydrogen-bond acceptors (Lipinski definition) is 8. The Morgan fingerprint density at radius 3 is 2.45 bits per heavy atom. The van der Waals surface area contributed by atoms with Crippen molar-refractivity contribution in [3.05, 3.63) is 121 Å². The second-order valence-electron chi connectivity index (χ2n) is 12.7. The number of aliphatic hydroxyl groups excluding tert-OH is 1. The van der Waals surface area contributed by atoms with Crippen LogP contribution in [0.5, 0.6) is 5.75 Å². The van der Waals surface area contributed by atoms with E-state index < -0.39 is 28.0 Å². The molecule has 5 unspecified atom stereocenters. The molecule has 0 aromatic heterocycles. The molecule has 1 aliphatic heterocycles. The molecule has 2 aromatic carbocycles. The van der Waals surface area contributed by atoms with Crippen LogP contribution in [-0.4, -0.2) is 44.1 Å². The van der Waals surface area contributed by atoms with Crippen molar-refractivity contribution in [1.29, 1.82) is 0 Å². The van der Waals surface area contributed by atoms with E-state index in [1.807, 2.05) is 49.4 Å². The van der Waals surface area contributed by atoms with Crippen molar-refractivity contribution in [1.82, 2.24) is 0 Å². The van der Waals surface area contributed by atoms with Crippen molar-refractivity contribution in [2.45, 2.75) is 76.3 Å². The number of hydrogen-bond donors (Lipinski definition) is 1. The molecule has 1 fully saturated rings. The Hall–Kier alpha value is -3.92. The molecular weight excluding hydrogens is 616 g/mol. The van der Waals surface area contributed by atoms with Gasteiger partial charge in [-0.25, -0.2) is 4.79 Å². The van der Waals surface area contributed by atoms with Crippen LogP contribution in [0.1, 0.15) is 51.2 Å². The molecule has 4 rings (SSSR count). The molecule has 0 saturated heterocycles. The molecular formula is C38H46O8S. The van der Waals surface area contributed by atoms with Crippen molar-refractivity contribution in [2.75, 3.05) is 6.61 Å². The second kappa shape index (κ2) is 16.3. The van der Waals surface area contributed by atoms with Crippen molar-refractivity contribution in [3.63, 3.8) is 0 Å². The molecule has 1 saturated carbocycles. The van der Waals surface area contributed by atoms with E-state index in [1.165, 1.54) is 18.2 Å². The average Bonchev–Trinajstić information content (AvgIpc) is 3.01. The molecule has 0 radical (unpaired) electrons. The highest BCUT2D eigenvalue weighted by atomic mass is 32.2. The first kappa shape index (κ1) is 35.9. The number of aliphatic hydroxyl groups is 1. The van der Waals surface area contributed by atoms with E-state index in [-0.39, 0.29) is 35.9 Å². The Bertz CT molecular complexity index is 1580. The van der Waals surface area contributed by atoms with Crippen molar-refractivity contribution >= 4 is 16.1 Å². The summed E-state index contributed by atoms with van der Waals surface area (Å²) in [5.74, 6) is 0.515. The SMILES string of the molecule is C=C/C=C/C=C/C1CC(C)CCC1C(/C=C/C1=CC(=O)OC(C)(C)O1)Oc1ccc(CC(O)COS(=O)(=O)c2ccc(C)cc2)cc1. The van der Waals surface area contributed by atoms with Gasteiger partial charge < -0.3 is 19.3 Å². The summed E-state index contributed by atoms with van der Waals surface area (Å²) < 4.78 is 47.8. The number of esters is 1. The average molecular weight is 663 g/mol. The number of ether oxygens (including phenoxy) is 3. The highest BCUT2D eigenvalue weighted by Crippen LogP contribution is 2.39. The number of benzene rings is 2. The largest absolute Gasteiger partial charge is 0.486 e. The Labute approximate surface area is 279 Å². The van der Waals surface area contributed by atoms with Gasteiger partial charge in [-0.15, -0.1) is 0 Å². The molecule has 0 amide bonds. The fourth-order valence-electron chi connectivity index (χ4n) is 5.82. The van der Waals surface area contributed by atoms with Crippen LogP contribution in [0.3, 0.4) is 0 Å². The summed E-state index contributed by atoms with van der Waals surface area (Å²) in [6, 6.07) is 13.7. The highest BCUT2D eigenvalue weighted by molar-refractivity contribution is 7.86. The molecule has 0 bridgehead atoms. The zero-order chi connectivity index (χ0) is 34.0. The number of allylic oxidation sites excluding steroid dienone is 6. The maximum Gasteiger partial charge on any atom is 0.337 e. The van der Waals surface area contributed by atoms with Crippen LogP contribution in [-0.2, 0) is 35.0 Å². The number of rotatable bonds is 14. The van der Waals surface area contributed by atoms with Crippen molar-refractivity contribution < 1.29 is 36.7 Å². The molecule has 1 heterocycles. The van der Waals surface area contributed by atoms with Crippen molar-refractivity contribution in [2.24, 2.45) is 17.8 Å². The normalized spacial score (nSPS) is 22.9. The lowest BCUT2D eigenvalue weighted by molar-refractivity contribution is -0.203. The van der Waals surface area contributed by atoms with Crippen molar-refractivity contribution in [3.8, 4) is 5.75 Å². The van der Waals surface area contributed by atoms with Crippen LogP contribution in [0.4, 0.5) is 0 Å². The van der Waals surface area contributed by atoms with Gasteiger partial charge in [0.1, 0.15) is 17.6 Å². The van der Waals surface area contributed by atoms with Gasteiger partial charge in [-0.3, -0.25) is 4.18 Å². The van der Waals surface area contributed by atoms with E-state index in [4.69, 9.17) is 18.4 Å². The van der Waals surface area contributed by atoms with E-state index in [0.29, 0.717) is 17.4 Å². The van der Waals surface area contributed by atoms with Gasteiger partial charge >= 0.3 is 5.97 Å². The van der Waals surface area contributed by atoms with Crippen LogP contribution < -0.4 is 4.74 Å². The second-order valence-corrected chi connectivity index (χ2v) is 14.3. The predicted molar refractivity (Wildman–Crippen MR) is 182 cm³/mol. The van der Waals surface area contributed by atoms with Gasteiger partial charge in [0.25, 0.3) is 10.1 Å². The lowest BCUT2D eigenvalue weighted by Gasteiger charge is -2.37. The number of carbonyl (C=O) groups is 1. The summed E-state index contributed by atoms with van der Waals surface area (Å²) in [7, 11) is -3.97. The first-order chi connectivity index (χ1) is 22.3. The standard InChI is InChI=1S/C38H46O8S/c1-6-7-8-9-10-30-23-28(3)13-21-35(30)36(22-18-33-25-37(40)46-38(4,5)45-33)44-32-16-14-29(15-17-32)24-31(39)26-43-47(41,42)34-19-11-27(2)12-20-34/h6-12,14-20,22,25,28,30-31,35-36,39H,1,13,21,23-24,26H2,2-5H3/b8-7+,10-9+,22-18+. The summed E-state index contributed by atoms with van der Waals surface area (Å²) in [6.07, 6.45) is 16.9. The Morgan fingerprint density at radius 1 is 1.04 bits per heavy atom. The van der Waals surface area contributed by atoms with E-state index >= 15 is 0 Å². The van der Waals surface area contributed by atoms with Gasteiger partial charge in [0.2, 0.25) is 5.79 Å². The number of cyclic esters (lactones) is 1. The minimum absolute atomic E-state index is 0.0498. The lowest BCUT2D eigenvalue weighted by atomic mass is 9.72. The Balaban J connectivity index is 1.47. The fraction of sp³-hybridized carbons (Fsp3) is 0.395. The minimum atomic E-state index is -3.97. The van der Waals surface area contributed by atoms with E-state index in [2.05, 4.69) is 25.7 Å². The molecule has 47 heavy (non-hydrogen) atoms. The zero-order valence-corrected chi connectivity index (χ0v) is 28.4. The van der Waals surface area contributed by atoms with Crippen LogP contribution in [0.2, 0.25) is 0 Å². The number of aryl methyl sites for hydroxylation is 1. The maximum atomic E-state index is 12.5. The molecule has 2 aromatic rings. The molecule has 5 atom stereocenters. The van der Waals surface area contributed by atoms with Gasteiger partial charge in [0, 0.05) is 26.2 Å². The molecule has 1 aliphatic carbocycles. The highest BCUT2D eigenvalue weighted by Gasteiger charge is 2.34. The third-order valence-electron chi connectivity index (χ3n) is 8.17. The van der Waals surface area contributed by atoms with Gasteiger partial charge in [-0.05, 0) is 73.6 Å². The molecule has 8 nitrogen and oxygen atoms in total. The maximum absolute atomic E-state index is 12.5.